The van der Waals surface area contributed by atoms with E-state index in [0.29, 0.717) is 12.0 Å². The van der Waals surface area contributed by atoms with Gasteiger partial charge in [-0.1, -0.05) is 111 Å². The van der Waals surface area contributed by atoms with Crippen LogP contribution >= 0.6 is 0 Å². The Morgan fingerprint density at radius 3 is 1.79 bits per heavy atom. The topological polar surface area (TPSA) is 19.7 Å². The van der Waals surface area contributed by atoms with Crippen molar-refractivity contribution in [2.24, 2.45) is 0 Å². The van der Waals surface area contributed by atoms with E-state index < -0.39 is 0 Å². The number of aromatic nitrogens is 2. The van der Waals surface area contributed by atoms with Crippen LogP contribution in [0.25, 0.3) is 0 Å². The molecule has 2 atom stereocenters. The fourth-order valence-electron chi connectivity index (χ4n) is 4.55. The third kappa shape index (κ3) is 10.7. The highest BCUT2D eigenvalue weighted by atomic mass is 15.1. The van der Waals surface area contributed by atoms with E-state index in [0.717, 1.165) is 0 Å². The van der Waals surface area contributed by atoms with Gasteiger partial charge in [-0.25, -0.2) is 9.55 Å². The molecule has 0 aromatic carbocycles. The smallest absolute Gasteiger partial charge is 0.247 e. The van der Waals surface area contributed by atoms with Crippen molar-refractivity contribution in [2.45, 2.75) is 149 Å². The first-order chi connectivity index (χ1) is 13.7. The summed E-state index contributed by atoms with van der Waals surface area (Å²) in [7, 11) is 0. The molecule has 0 saturated carbocycles. The van der Waals surface area contributed by atoms with Crippen molar-refractivity contribution in [3.05, 3.63) is 18.2 Å². The minimum Gasteiger partial charge on any atom is -0.247 e. The normalized spacial score (nSPS) is 13.7. The second kappa shape index (κ2) is 17.1. The first-order valence-electron chi connectivity index (χ1n) is 12.8. The standard InChI is InChI=1S/C26H50N2/c1-5-8-10-11-12-13-14-15-16-17-18-21-25(20-9-6-2)26-27-22-23-28(26)24(4)19-7-3/h22-25H,5-21H2,1-4H3/p+1. The summed E-state index contributed by atoms with van der Waals surface area (Å²) in [5, 5.41) is 0. The third-order valence-corrected chi connectivity index (χ3v) is 6.37. The van der Waals surface area contributed by atoms with Crippen LogP contribution in [-0.2, 0) is 0 Å². The first-order valence-corrected chi connectivity index (χ1v) is 12.8. The molecule has 0 fully saturated rings. The molecule has 0 aliphatic rings. The summed E-state index contributed by atoms with van der Waals surface area (Å²) >= 11 is 0. The molecular formula is C26H51N2+. The van der Waals surface area contributed by atoms with Crippen LogP contribution in [0.4, 0.5) is 0 Å². The van der Waals surface area contributed by atoms with Crippen LogP contribution in [0.3, 0.4) is 0 Å². The molecule has 0 amide bonds. The van der Waals surface area contributed by atoms with Gasteiger partial charge in [-0.05, 0) is 26.2 Å². The molecule has 0 radical (unpaired) electrons. The van der Waals surface area contributed by atoms with Crippen molar-refractivity contribution in [1.29, 1.82) is 0 Å². The van der Waals surface area contributed by atoms with Crippen molar-refractivity contribution in [2.75, 3.05) is 0 Å². The van der Waals surface area contributed by atoms with Crippen molar-refractivity contribution in [3.8, 4) is 0 Å². The lowest BCUT2D eigenvalue weighted by molar-refractivity contribution is -0.727. The third-order valence-electron chi connectivity index (χ3n) is 6.37. The Labute approximate surface area is 176 Å². The number of hydrogen-bond donors (Lipinski definition) is 1. The van der Waals surface area contributed by atoms with E-state index in [1.807, 2.05) is 0 Å². The molecule has 0 bridgehead atoms. The molecular weight excluding hydrogens is 340 g/mol. The molecule has 0 aliphatic heterocycles. The predicted molar refractivity (Wildman–Crippen MR) is 124 cm³/mol. The van der Waals surface area contributed by atoms with E-state index in [-0.39, 0.29) is 0 Å². The zero-order chi connectivity index (χ0) is 20.5. The van der Waals surface area contributed by atoms with Crippen molar-refractivity contribution >= 4 is 0 Å². The van der Waals surface area contributed by atoms with Gasteiger partial charge in [0, 0.05) is 0 Å². The Balaban J connectivity index is 2.29. The molecule has 2 heteroatoms. The summed E-state index contributed by atoms with van der Waals surface area (Å²) in [6, 6.07) is 0.618. The highest BCUT2D eigenvalue weighted by Crippen LogP contribution is 2.26. The van der Waals surface area contributed by atoms with Gasteiger partial charge in [0.15, 0.2) is 0 Å². The zero-order valence-electron chi connectivity index (χ0n) is 19.8. The lowest BCUT2D eigenvalue weighted by atomic mass is 9.93. The minimum absolute atomic E-state index is 0.618. The molecule has 1 aromatic heterocycles. The summed E-state index contributed by atoms with van der Waals surface area (Å²) in [5.41, 5.74) is 0. The largest absolute Gasteiger partial charge is 0.257 e. The molecule has 0 spiro atoms. The van der Waals surface area contributed by atoms with E-state index in [9.17, 15) is 0 Å². The number of H-pyrrole nitrogens is 1. The van der Waals surface area contributed by atoms with Gasteiger partial charge in [0.05, 0.1) is 12.0 Å². The molecule has 28 heavy (non-hydrogen) atoms. The quantitative estimate of drug-likeness (QED) is 0.180. The highest BCUT2D eigenvalue weighted by Gasteiger charge is 2.24. The van der Waals surface area contributed by atoms with Gasteiger partial charge >= 0.3 is 0 Å². The average Bonchev–Trinajstić information content (AvgIpc) is 3.18. The summed E-state index contributed by atoms with van der Waals surface area (Å²) < 4.78 is 2.53. The maximum Gasteiger partial charge on any atom is 0.257 e. The number of aromatic amines is 1. The first kappa shape index (κ1) is 25.2. The van der Waals surface area contributed by atoms with E-state index in [4.69, 9.17) is 0 Å². The molecule has 0 aliphatic carbocycles. The number of nitrogens with one attached hydrogen (secondary N) is 1. The van der Waals surface area contributed by atoms with Crippen molar-refractivity contribution in [3.63, 3.8) is 0 Å². The second-order valence-electron chi connectivity index (χ2n) is 9.05. The summed E-state index contributed by atoms with van der Waals surface area (Å²) in [6.45, 7) is 9.29. The van der Waals surface area contributed by atoms with E-state index >= 15 is 0 Å². The minimum atomic E-state index is 0.618. The van der Waals surface area contributed by atoms with Crippen LogP contribution in [0.1, 0.15) is 155 Å². The number of nitrogens with zero attached hydrogens (tertiary/aromatic N) is 1. The van der Waals surface area contributed by atoms with Crippen LogP contribution in [0.15, 0.2) is 12.4 Å². The van der Waals surface area contributed by atoms with Crippen LogP contribution in [0.2, 0.25) is 0 Å². The molecule has 1 N–H and O–H groups in total. The molecule has 2 unspecified atom stereocenters. The average molecular weight is 392 g/mol. The van der Waals surface area contributed by atoms with Gasteiger partial charge in [-0.2, -0.15) is 0 Å². The lowest BCUT2D eigenvalue weighted by Crippen LogP contribution is -2.41. The zero-order valence-corrected chi connectivity index (χ0v) is 19.8. The van der Waals surface area contributed by atoms with E-state index in [2.05, 4.69) is 49.6 Å². The van der Waals surface area contributed by atoms with Gasteiger partial charge in [-0.15, -0.1) is 0 Å². The maximum atomic E-state index is 3.61. The Morgan fingerprint density at radius 2 is 1.21 bits per heavy atom. The number of rotatable bonds is 19. The molecule has 1 rings (SSSR count). The SMILES string of the molecule is CCCCCCCCCCCCCC(CCCC)c1[nH]cc[n+]1C(C)CCC. The molecule has 164 valence electrons. The highest BCUT2D eigenvalue weighted by molar-refractivity contribution is 4.90. The fourth-order valence-corrected chi connectivity index (χ4v) is 4.55. The lowest BCUT2D eigenvalue weighted by Gasteiger charge is -2.16. The summed E-state index contributed by atoms with van der Waals surface area (Å²) in [4.78, 5) is 3.61. The Morgan fingerprint density at radius 1 is 0.679 bits per heavy atom. The maximum absolute atomic E-state index is 3.61. The van der Waals surface area contributed by atoms with Gasteiger partial charge < -0.3 is 0 Å². The second-order valence-corrected chi connectivity index (χ2v) is 9.05. The Kier molecular flexibility index (Phi) is 15.4. The number of imidazole rings is 1. The van der Waals surface area contributed by atoms with E-state index in [1.165, 1.54) is 115 Å². The Bertz CT molecular complexity index is 451. The van der Waals surface area contributed by atoms with Crippen LogP contribution < -0.4 is 4.57 Å². The fraction of sp³-hybridized carbons (Fsp3) is 0.885. The van der Waals surface area contributed by atoms with E-state index in [1.54, 1.807) is 0 Å². The van der Waals surface area contributed by atoms with Crippen molar-refractivity contribution in [1.82, 2.24) is 4.98 Å². The summed E-state index contributed by atoms with van der Waals surface area (Å²) in [5.74, 6) is 2.20. The predicted octanol–water partition coefficient (Wildman–Crippen LogP) is 8.64. The molecule has 0 saturated heterocycles. The molecule has 1 heterocycles. The molecule has 1 aromatic rings. The van der Waals surface area contributed by atoms with Gasteiger partial charge in [0.2, 0.25) is 0 Å². The number of unbranched alkanes of at least 4 members (excludes halogenated alkanes) is 11. The van der Waals surface area contributed by atoms with Crippen molar-refractivity contribution < 1.29 is 4.57 Å². The van der Waals surface area contributed by atoms with Crippen LogP contribution in [0, 0.1) is 0 Å². The van der Waals surface area contributed by atoms with Gasteiger partial charge in [0.25, 0.3) is 5.82 Å². The molecule has 2 nitrogen and oxygen atoms in total. The van der Waals surface area contributed by atoms with Crippen LogP contribution in [-0.4, -0.2) is 4.98 Å². The summed E-state index contributed by atoms with van der Waals surface area (Å²) in [6.07, 6.45) is 28.1. The Hall–Kier alpha value is -0.790. The van der Waals surface area contributed by atoms with Gasteiger partial charge in [-0.3, -0.25) is 0 Å². The van der Waals surface area contributed by atoms with Gasteiger partial charge in [0.1, 0.15) is 12.4 Å². The monoisotopic (exact) mass is 391 g/mol. The number of hydrogen-bond acceptors (Lipinski definition) is 0. The van der Waals surface area contributed by atoms with Crippen LogP contribution in [0.5, 0.6) is 0 Å².